The Kier molecular flexibility index (Phi) is 6.89. The van der Waals surface area contributed by atoms with Gasteiger partial charge in [0.15, 0.2) is 0 Å². The monoisotopic (exact) mass is 828 g/mol. The molecule has 0 spiro atoms. The van der Waals surface area contributed by atoms with Crippen LogP contribution in [0.25, 0.3) is 132 Å². The van der Waals surface area contributed by atoms with Crippen molar-refractivity contribution in [2.24, 2.45) is 0 Å². The second-order valence-electron chi connectivity index (χ2n) is 17.2. The van der Waals surface area contributed by atoms with E-state index in [4.69, 9.17) is 4.42 Å². The third kappa shape index (κ3) is 4.55. The number of nitrogens with zero attached hydrogens (tertiary/aromatic N) is 4. The van der Waals surface area contributed by atoms with E-state index >= 15 is 0 Å². The minimum Gasteiger partial charge on any atom is -0.455 e. The van der Waals surface area contributed by atoms with Crippen LogP contribution in [0.5, 0.6) is 0 Å². The van der Waals surface area contributed by atoms with Crippen molar-refractivity contribution in [3.63, 3.8) is 0 Å². The molecule has 0 aliphatic rings. The number of benzene rings is 10. The Morgan fingerprint density at radius 2 is 0.538 bits per heavy atom. The second-order valence-corrected chi connectivity index (χ2v) is 17.2. The largest absolute Gasteiger partial charge is 0.455 e. The molecule has 15 aromatic rings. The van der Waals surface area contributed by atoms with Crippen molar-refractivity contribution in [1.82, 2.24) is 18.3 Å². The van der Waals surface area contributed by atoms with Crippen LogP contribution < -0.4 is 0 Å². The van der Waals surface area contributed by atoms with Crippen LogP contribution in [0.2, 0.25) is 0 Å². The molecule has 0 aliphatic heterocycles. The summed E-state index contributed by atoms with van der Waals surface area (Å²) in [5, 5.41) is 11.7. The molecule has 0 unspecified atom stereocenters. The molecule has 10 aromatic carbocycles. The highest BCUT2D eigenvalue weighted by atomic mass is 16.3. The lowest BCUT2D eigenvalue weighted by Crippen LogP contribution is -1.96. The molecule has 5 aromatic heterocycles. The summed E-state index contributed by atoms with van der Waals surface area (Å²) in [4.78, 5) is 0. The van der Waals surface area contributed by atoms with Crippen molar-refractivity contribution in [1.29, 1.82) is 0 Å². The second kappa shape index (κ2) is 12.9. The predicted octanol–water partition coefficient (Wildman–Crippen LogP) is 16.0. The summed E-state index contributed by atoms with van der Waals surface area (Å²) in [7, 11) is 0. The molecule has 5 heterocycles. The molecule has 5 heteroatoms. The van der Waals surface area contributed by atoms with E-state index in [2.05, 4.69) is 237 Å². The standard InChI is InChI=1S/C60H36N4O/c1-3-17-37(18-4-1)61-45-25-11-7-21-41(45)55-49(61)29-15-31-51(55)63-47-27-13-9-23-43(47)57-53(63)35-33-39-40-34-36-54-58(60(40)65-59(39)57)44-24-10-14-28-48(44)64(54)52-32-16-30-50-56(52)42-22-8-12-26-46(42)62(50)38-19-5-2-6-20-38/h1-36H. The fraction of sp³-hybridized carbons (Fsp3) is 0. The Morgan fingerprint density at radius 3 is 0.954 bits per heavy atom. The normalized spacial score (nSPS) is 12.3. The maximum atomic E-state index is 7.40. The lowest BCUT2D eigenvalue weighted by molar-refractivity contribution is 0.677. The van der Waals surface area contributed by atoms with E-state index in [0.717, 1.165) is 88.3 Å². The minimum absolute atomic E-state index is 0.906. The topological polar surface area (TPSA) is 32.9 Å². The molecule has 0 fully saturated rings. The quantitative estimate of drug-likeness (QED) is 0.174. The van der Waals surface area contributed by atoms with Gasteiger partial charge in [-0.05, 0) is 97.1 Å². The summed E-state index contributed by atoms with van der Waals surface area (Å²) in [6, 6.07) is 79.1. The highest BCUT2D eigenvalue weighted by Gasteiger charge is 2.25. The van der Waals surface area contributed by atoms with Crippen LogP contribution in [0.1, 0.15) is 0 Å². The van der Waals surface area contributed by atoms with Crippen LogP contribution in [0.15, 0.2) is 223 Å². The van der Waals surface area contributed by atoms with Crippen molar-refractivity contribution >= 4 is 109 Å². The highest BCUT2D eigenvalue weighted by molar-refractivity contribution is 6.30. The van der Waals surface area contributed by atoms with Gasteiger partial charge in [-0.2, -0.15) is 0 Å². The summed E-state index contributed by atoms with van der Waals surface area (Å²) < 4.78 is 17.1. The molecular weight excluding hydrogens is 793 g/mol. The minimum atomic E-state index is 0.906. The lowest BCUT2D eigenvalue weighted by atomic mass is 10.1. The van der Waals surface area contributed by atoms with Gasteiger partial charge in [-0.15, -0.1) is 0 Å². The van der Waals surface area contributed by atoms with Gasteiger partial charge in [-0.3, -0.25) is 0 Å². The van der Waals surface area contributed by atoms with Crippen LogP contribution in [-0.4, -0.2) is 18.3 Å². The molecular formula is C60H36N4O. The van der Waals surface area contributed by atoms with Crippen molar-refractivity contribution in [3.05, 3.63) is 218 Å². The molecule has 0 aliphatic carbocycles. The molecule has 0 N–H and O–H groups in total. The van der Waals surface area contributed by atoms with Gasteiger partial charge in [0, 0.05) is 54.5 Å². The zero-order valence-corrected chi connectivity index (χ0v) is 35.0. The van der Waals surface area contributed by atoms with E-state index in [9.17, 15) is 0 Å². The van der Waals surface area contributed by atoms with Gasteiger partial charge in [-0.25, -0.2) is 0 Å². The molecule has 0 radical (unpaired) electrons. The van der Waals surface area contributed by atoms with Crippen molar-refractivity contribution in [3.8, 4) is 22.7 Å². The van der Waals surface area contributed by atoms with E-state index in [0.29, 0.717) is 0 Å². The molecule has 5 nitrogen and oxygen atoms in total. The molecule has 0 bridgehead atoms. The summed E-state index contributed by atoms with van der Waals surface area (Å²) in [6.45, 7) is 0. The number of hydrogen-bond acceptors (Lipinski definition) is 1. The molecule has 302 valence electrons. The fourth-order valence-electron chi connectivity index (χ4n) is 11.4. The Hall–Kier alpha value is -8.80. The SMILES string of the molecule is c1ccc(-n2c3ccccc3c3c(-n4c5ccccc5c5c6oc7c(ccc8c7c7ccccc7n8-c7cccc8c7c7ccccc7n8-c7ccccc7)c6ccc54)cccc32)cc1. The lowest BCUT2D eigenvalue weighted by Gasteiger charge is -2.11. The van der Waals surface area contributed by atoms with E-state index in [-0.39, 0.29) is 0 Å². The Balaban J connectivity index is 1.02. The van der Waals surface area contributed by atoms with E-state index in [1.54, 1.807) is 0 Å². The number of hydrogen-bond donors (Lipinski definition) is 0. The van der Waals surface area contributed by atoms with Gasteiger partial charge in [0.1, 0.15) is 11.2 Å². The van der Waals surface area contributed by atoms with Crippen molar-refractivity contribution in [2.45, 2.75) is 0 Å². The number of aromatic nitrogens is 4. The molecule has 65 heavy (non-hydrogen) atoms. The third-order valence-electron chi connectivity index (χ3n) is 13.9. The average Bonchev–Trinajstić information content (AvgIpc) is 4.17. The summed E-state index contributed by atoms with van der Waals surface area (Å²) in [6.07, 6.45) is 0. The third-order valence-corrected chi connectivity index (χ3v) is 13.9. The highest BCUT2D eigenvalue weighted by Crippen LogP contribution is 2.47. The van der Waals surface area contributed by atoms with Crippen LogP contribution in [0.3, 0.4) is 0 Å². The van der Waals surface area contributed by atoms with Gasteiger partial charge in [-0.1, -0.05) is 121 Å². The fourth-order valence-corrected chi connectivity index (χ4v) is 11.4. The van der Waals surface area contributed by atoms with Crippen molar-refractivity contribution in [2.75, 3.05) is 0 Å². The molecule has 0 amide bonds. The summed E-state index contributed by atoms with van der Waals surface area (Å²) in [5.74, 6) is 0. The predicted molar refractivity (Wildman–Crippen MR) is 271 cm³/mol. The van der Waals surface area contributed by atoms with Gasteiger partial charge < -0.3 is 22.7 Å². The summed E-state index contributed by atoms with van der Waals surface area (Å²) >= 11 is 0. The molecule has 15 rings (SSSR count). The van der Waals surface area contributed by atoms with Crippen LogP contribution in [-0.2, 0) is 0 Å². The zero-order valence-electron chi connectivity index (χ0n) is 35.0. The number of furan rings is 1. The maximum Gasteiger partial charge on any atom is 0.145 e. The van der Waals surface area contributed by atoms with E-state index < -0.39 is 0 Å². The molecule has 0 saturated heterocycles. The van der Waals surface area contributed by atoms with Crippen LogP contribution >= 0.6 is 0 Å². The van der Waals surface area contributed by atoms with Crippen molar-refractivity contribution < 1.29 is 4.42 Å². The van der Waals surface area contributed by atoms with E-state index in [1.165, 1.54) is 43.6 Å². The number of rotatable bonds is 4. The first-order valence-corrected chi connectivity index (χ1v) is 22.3. The number of para-hydroxylation sites is 6. The van der Waals surface area contributed by atoms with E-state index in [1.807, 2.05) is 0 Å². The van der Waals surface area contributed by atoms with Gasteiger partial charge in [0.05, 0.1) is 66.3 Å². The van der Waals surface area contributed by atoms with Crippen LogP contribution in [0.4, 0.5) is 0 Å². The smallest absolute Gasteiger partial charge is 0.145 e. The van der Waals surface area contributed by atoms with Gasteiger partial charge in [0.2, 0.25) is 0 Å². The average molecular weight is 829 g/mol. The molecule has 0 atom stereocenters. The Morgan fingerprint density at radius 1 is 0.215 bits per heavy atom. The van der Waals surface area contributed by atoms with Crippen LogP contribution in [0, 0.1) is 0 Å². The first kappa shape index (κ1) is 34.7. The molecule has 0 saturated carbocycles. The Labute approximate surface area is 371 Å². The maximum absolute atomic E-state index is 7.40. The van der Waals surface area contributed by atoms with Gasteiger partial charge >= 0.3 is 0 Å². The zero-order chi connectivity index (χ0) is 42.3. The Bertz CT molecular complexity index is 4180. The van der Waals surface area contributed by atoms with Gasteiger partial charge in [0.25, 0.3) is 0 Å². The first-order chi connectivity index (χ1) is 32.3. The summed E-state index contributed by atoms with van der Waals surface area (Å²) in [5.41, 5.74) is 15.6. The number of fused-ring (bicyclic) bond motifs is 17. The first-order valence-electron chi connectivity index (χ1n) is 22.3.